The molecule has 0 saturated carbocycles. The van der Waals surface area contributed by atoms with Crippen LogP contribution < -0.4 is 4.74 Å². The van der Waals surface area contributed by atoms with Crippen molar-refractivity contribution in [2.45, 2.75) is 5.88 Å². The Balaban J connectivity index is 2.09. The second-order valence-electron chi connectivity index (χ2n) is 4.42. The Morgan fingerprint density at radius 2 is 1.81 bits per heavy atom. The van der Waals surface area contributed by atoms with E-state index < -0.39 is 5.82 Å². The van der Waals surface area contributed by atoms with Gasteiger partial charge in [0.2, 0.25) is 0 Å². The number of pyridine rings is 1. The van der Waals surface area contributed by atoms with Gasteiger partial charge in [-0.3, -0.25) is 0 Å². The summed E-state index contributed by atoms with van der Waals surface area (Å²) in [6.45, 7) is 0. The van der Waals surface area contributed by atoms with Crippen molar-refractivity contribution in [1.29, 1.82) is 0 Å². The van der Waals surface area contributed by atoms with Crippen molar-refractivity contribution in [3.63, 3.8) is 0 Å². The van der Waals surface area contributed by atoms with Gasteiger partial charge < -0.3 is 4.74 Å². The van der Waals surface area contributed by atoms with Crippen molar-refractivity contribution in [3.8, 4) is 11.6 Å². The van der Waals surface area contributed by atoms with Crippen LogP contribution in [-0.4, -0.2) is 4.98 Å². The van der Waals surface area contributed by atoms with E-state index in [1.807, 2.05) is 24.3 Å². The molecule has 0 atom stereocenters. The van der Waals surface area contributed by atoms with E-state index in [0.717, 1.165) is 10.8 Å². The molecule has 0 saturated heterocycles. The molecule has 2 aromatic carbocycles. The van der Waals surface area contributed by atoms with E-state index in [1.165, 1.54) is 12.3 Å². The van der Waals surface area contributed by atoms with E-state index in [9.17, 15) is 4.39 Å². The Kier molecular flexibility index (Phi) is 3.95. The number of hydrogen-bond acceptors (Lipinski definition) is 2. The number of benzene rings is 2. The number of rotatable bonds is 3. The van der Waals surface area contributed by atoms with Crippen molar-refractivity contribution < 1.29 is 9.13 Å². The van der Waals surface area contributed by atoms with Crippen molar-refractivity contribution in [2.24, 2.45) is 0 Å². The van der Waals surface area contributed by atoms with Crippen molar-refractivity contribution in [2.75, 3.05) is 0 Å². The van der Waals surface area contributed by atoms with E-state index >= 15 is 0 Å². The highest BCUT2D eigenvalue weighted by atomic mass is 35.5. The van der Waals surface area contributed by atoms with Gasteiger partial charge in [-0.25, -0.2) is 9.37 Å². The Labute approximate surface area is 131 Å². The van der Waals surface area contributed by atoms with Crippen molar-refractivity contribution in [3.05, 3.63) is 65.1 Å². The fourth-order valence-corrected chi connectivity index (χ4v) is 2.50. The highest BCUT2D eigenvalue weighted by Crippen LogP contribution is 2.34. The first-order valence-corrected chi connectivity index (χ1v) is 7.16. The van der Waals surface area contributed by atoms with Crippen LogP contribution >= 0.6 is 23.2 Å². The fraction of sp³-hybridized carbons (Fsp3) is 0.0625. The van der Waals surface area contributed by atoms with Gasteiger partial charge in [-0.1, -0.05) is 35.9 Å². The van der Waals surface area contributed by atoms with Crippen LogP contribution in [0.2, 0.25) is 5.02 Å². The third kappa shape index (κ3) is 2.67. The summed E-state index contributed by atoms with van der Waals surface area (Å²) >= 11 is 11.8. The number of aromatic nitrogens is 1. The summed E-state index contributed by atoms with van der Waals surface area (Å²) in [4.78, 5) is 3.92. The predicted octanol–water partition coefficient (Wildman–Crippen LogP) is 5.56. The van der Waals surface area contributed by atoms with E-state index in [-0.39, 0.29) is 11.8 Å². The second kappa shape index (κ2) is 5.88. The molecular weight excluding hydrogens is 312 g/mol. The molecule has 0 aliphatic rings. The molecule has 3 aromatic rings. The zero-order valence-electron chi connectivity index (χ0n) is 10.8. The number of fused-ring (bicyclic) bond motifs is 1. The summed E-state index contributed by atoms with van der Waals surface area (Å²) < 4.78 is 19.8. The summed E-state index contributed by atoms with van der Waals surface area (Å²) in [5.41, 5.74) is 0.347. The van der Waals surface area contributed by atoms with Gasteiger partial charge in [0.1, 0.15) is 5.75 Å². The normalized spacial score (nSPS) is 10.8. The summed E-state index contributed by atoms with van der Waals surface area (Å²) in [7, 11) is 0. The maximum absolute atomic E-state index is 14.1. The number of hydrogen-bond donors (Lipinski definition) is 0. The standard InChI is InChI=1S/C16H10Cl2FNO/c17-9-10-7-8-20-16(15(10)19)21-14-6-5-13(18)11-3-1-2-4-12(11)14/h1-8H,9H2. The fourth-order valence-electron chi connectivity index (χ4n) is 2.06. The molecule has 0 amide bonds. The van der Waals surface area contributed by atoms with Crippen LogP contribution in [0.15, 0.2) is 48.7 Å². The minimum atomic E-state index is -0.550. The summed E-state index contributed by atoms with van der Waals surface area (Å²) in [5, 5.41) is 2.24. The first kappa shape index (κ1) is 14.1. The lowest BCUT2D eigenvalue weighted by Gasteiger charge is -2.10. The molecule has 3 rings (SSSR count). The number of halogens is 3. The number of alkyl halides is 1. The maximum atomic E-state index is 14.1. The minimum Gasteiger partial charge on any atom is -0.436 e. The molecule has 0 fully saturated rings. The molecule has 0 unspecified atom stereocenters. The van der Waals surface area contributed by atoms with E-state index in [1.54, 1.807) is 12.1 Å². The lowest BCUT2D eigenvalue weighted by molar-refractivity contribution is 0.424. The Morgan fingerprint density at radius 3 is 2.57 bits per heavy atom. The molecule has 21 heavy (non-hydrogen) atoms. The molecule has 0 radical (unpaired) electrons. The van der Waals surface area contributed by atoms with Crippen LogP contribution in [0.5, 0.6) is 11.6 Å². The molecule has 2 nitrogen and oxygen atoms in total. The lowest BCUT2D eigenvalue weighted by atomic mass is 10.1. The van der Waals surface area contributed by atoms with Crippen LogP contribution in [0.3, 0.4) is 0 Å². The average Bonchev–Trinajstić information content (AvgIpc) is 2.52. The van der Waals surface area contributed by atoms with Gasteiger partial charge in [-0.15, -0.1) is 11.6 Å². The molecule has 0 spiro atoms. The molecule has 0 bridgehead atoms. The first-order chi connectivity index (χ1) is 10.2. The monoisotopic (exact) mass is 321 g/mol. The van der Waals surface area contributed by atoms with Crippen LogP contribution in [0, 0.1) is 5.82 Å². The quantitative estimate of drug-likeness (QED) is 0.589. The molecule has 0 aliphatic carbocycles. The SMILES string of the molecule is Fc1c(CCl)ccnc1Oc1ccc(Cl)c2ccccc12. The molecule has 5 heteroatoms. The van der Waals surface area contributed by atoms with Crippen LogP contribution in [0.25, 0.3) is 10.8 Å². The highest BCUT2D eigenvalue weighted by molar-refractivity contribution is 6.35. The third-order valence-corrected chi connectivity index (χ3v) is 3.74. The summed E-state index contributed by atoms with van der Waals surface area (Å²) in [6, 6.07) is 12.4. The van der Waals surface area contributed by atoms with Gasteiger partial charge in [0.25, 0.3) is 5.88 Å². The van der Waals surface area contributed by atoms with E-state index in [0.29, 0.717) is 16.3 Å². The first-order valence-electron chi connectivity index (χ1n) is 6.25. The summed E-state index contributed by atoms with van der Waals surface area (Å²) in [5.74, 6) is -0.0909. The van der Waals surface area contributed by atoms with Gasteiger partial charge >= 0.3 is 0 Å². The molecule has 0 N–H and O–H groups in total. The molecule has 106 valence electrons. The third-order valence-electron chi connectivity index (χ3n) is 3.12. The predicted molar refractivity (Wildman–Crippen MR) is 82.8 cm³/mol. The Hall–Kier alpha value is -1.84. The van der Waals surface area contributed by atoms with Crippen LogP contribution in [0.4, 0.5) is 4.39 Å². The zero-order valence-corrected chi connectivity index (χ0v) is 12.3. The lowest BCUT2D eigenvalue weighted by Crippen LogP contribution is -1.96. The Morgan fingerprint density at radius 1 is 1.05 bits per heavy atom. The van der Waals surface area contributed by atoms with E-state index in [2.05, 4.69) is 4.98 Å². The van der Waals surface area contributed by atoms with Crippen LogP contribution in [0.1, 0.15) is 5.56 Å². The molecule has 1 aromatic heterocycles. The van der Waals surface area contributed by atoms with Crippen molar-refractivity contribution in [1.82, 2.24) is 4.98 Å². The number of nitrogens with zero attached hydrogens (tertiary/aromatic N) is 1. The largest absolute Gasteiger partial charge is 0.436 e. The summed E-state index contributed by atoms with van der Waals surface area (Å²) in [6.07, 6.45) is 1.47. The van der Waals surface area contributed by atoms with Gasteiger partial charge in [-0.05, 0) is 18.2 Å². The average molecular weight is 322 g/mol. The number of ether oxygens (including phenoxy) is 1. The maximum Gasteiger partial charge on any atom is 0.256 e. The molecule has 0 aliphatic heterocycles. The van der Waals surface area contributed by atoms with Crippen LogP contribution in [-0.2, 0) is 5.88 Å². The minimum absolute atomic E-state index is 0.0616. The van der Waals surface area contributed by atoms with Gasteiger partial charge in [0.15, 0.2) is 5.82 Å². The molecular formula is C16H10Cl2FNO. The van der Waals surface area contributed by atoms with E-state index in [4.69, 9.17) is 27.9 Å². The van der Waals surface area contributed by atoms with Gasteiger partial charge in [0, 0.05) is 27.6 Å². The Bertz CT molecular complexity index is 807. The zero-order chi connectivity index (χ0) is 14.8. The van der Waals surface area contributed by atoms with Crippen molar-refractivity contribution >= 4 is 34.0 Å². The molecule has 1 heterocycles. The van der Waals surface area contributed by atoms with Gasteiger partial charge in [-0.2, -0.15) is 0 Å². The smallest absolute Gasteiger partial charge is 0.256 e. The topological polar surface area (TPSA) is 22.1 Å². The second-order valence-corrected chi connectivity index (χ2v) is 5.09. The highest BCUT2D eigenvalue weighted by Gasteiger charge is 2.13. The van der Waals surface area contributed by atoms with Gasteiger partial charge in [0.05, 0.1) is 5.88 Å².